The van der Waals surface area contributed by atoms with Crippen LogP contribution in [0, 0.1) is 0 Å². The van der Waals surface area contributed by atoms with Crippen LogP contribution in [0.4, 0.5) is 13.2 Å². The smallest absolute Gasteiger partial charge is 0.352 e. The molecular weight excluding hydrogens is 411 g/mol. The lowest BCUT2D eigenvalue weighted by Crippen LogP contribution is -2.26. The van der Waals surface area contributed by atoms with Crippen molar-refractivity contribution >= 4 is 22.8 Å². The highest BCUT2D eigenvalue weighted by atomic mass is 19.4. The summed E-state index contributed by atoms with van der Waals surface area (Å²) in [6, 6.07) is 8.99. The van der Waals surface area contributed by atoms with E-state index in [2.05, 4.69) is 20.6 Å². The van der Waals surface area contributed by atoms with Crippen molar-refractivity contribution in [3.8, 4) is 0 Å². The van der Waals surface area contributed by atoms with E-state index < -0.39 is 24.9 Å². The molecule has 2 heterocycles. The SMILES string of the molecule is CC(C)n1cccc1C(=O)NCc1nc2ccc(CNC(=O)CCC(F)(F)F)cc2[nH]1. The number of carbonyl (C=O) groups excluding carboxylic acids is 2. The molecule has 10 heteroatoms. The minimum Gasteiger partial charge on any atom is -0.352 e. The molecule has 0 atom stereocenters. The van der Waals surface area contributed by atoms with Gasteiger partial charge in [-0.2, -0.15) is 13.2 Å². The fourth-order valence-electron chi connectivity index (χ4n) is 3.14. The Bertz CT molecular complexity index is 1070. The van der Waals surface area contributed by atoms with Gasteiger partial charge < -0.3 is 20.2 Å². The number of hydrogen-bond donors (Lipinski definition) is 3. The topological polar surface area (TPSA) is 91.8 Å². The quantitative estimate of drug-likeness (QED) is 0.502. The normalized spacial score (nSPS) is 11.8. The van der Waals surface area contributed by atoms with Gasteiger partial charge in [0.05, 0.1) is 24.0 Å². The maximum absolute atomic E-state index is 12.5. The molecule has 3 N–H and O–H groups in total. The van der Waals surface area contributed by atoms with E-state index >= 15 is 0 Å². The average molecular weight is 435 g/mol. The average Bonchev–Trinajstić information content (AvgIpc) is 3.34. The molecule has 1 aromatic carbocycles. The summed E-state index contributed by atoms with van der Waals surface area (Å²) in [5, 5.41) is 5.32. The van der Waals surface area contributed by atoms with Crippen molar-refractivity contribution in [1.82, 2.24) is 25.2 Å². The zero-order chi connectivity index (χ0) is 22.6. The molecule has 0 aliphatic carbocycles. The molecule has 3 aromatic rings. The van der Waals surface area contributed by atoms with Crippen molar-refractivity contribution in [2.24, 2.45) is 0 Å². The fourth-order valence-corrected chi connectivity index (χ4v) is 3.14. The van der Waals surface area contributed by atoms with E-state index in [1.165, 1.54) is 0 Å². The Morgan fingerprint density at radius 2 is 1.94 bits per heavy atom. The molecule has 0 saturated heterocycles. The maximum Gasteiger partial charge on any atom is 0.389 e. The summed E-state index contributed by atoms with van der Waals surface area (Å²) in [4.78, 5) is 31.6. The number of H-pyrrole nitrogens is 1. The number of rotatable bonds is 8. The predicted molar refractivity (Wildman–Crippen MR) is 109 cm³/mol. The summed E-state index contributed by atoms with van der Waals surface area (Å²) in [6.45, 7) is 4.31. The molecule has 0 radical (unpaired) electrons. The number of benzene rings is 1. The second-order valence-corrected chi connectivity index (χ2v) is 7.50. The van der Waals surface area contributed by atoms with Crippen LogP contribution in [0.25, 0.3) is 11.0 Å². The Morgan fingerprint density at radius 3 is 2.65 bits per heavy atom. The largest absolute Gasteiger partial charge is 0.389 e. The zero-order valence-electron chi connectivity index (χ0n) is 17.2. The number of halogens is 3. The fraction of sp³-hybridized carbons (Fsp3) is 0.381. The third kappa shape index (κ3) is 6.09. The Hall–Kier alpha value is -3.30. The van der Waals surface area contributed by atoms with Gasteiger partial charge in [-0.15, -0.1) is 0 Å². The summed E-state index contributed by atoms with van der Waals surface area (Å²) in [5.41, 5.74) is 2.68. The number of fused-ring (bicyclic) bond motifs is 1. The van der Waals surface area contributed by atoms with E-state index in [-0.39, 0.29) is 25.0 Å². The summed E-state index contributed by atoms with van der Waals surface area (Å²) in [6.07, 6.45) is -4.24. The first-order chi connectivity index (χ1) is 14.6. The molecule has 0 aliphatic heterocycles. The van der Waals surface area contributed by atoms with E-state index in [9.17, 15) is 22.8 Å². The number of aromatic nitrogens is 3. The molecule has 0 fully saturated rings. The standard InChI is InChI=1S/C21H24F3N5O2/c1-13(2)29-9-3-4-17(29)20(31)26-12-18-27-15-6-5-14(10-16(15)28-18)11-25-19(30)7-8-21(22,23)24/h3-6,9-10,13H,7-8,11-12H2,1-2H3,(H,25,30)(H,26,31)(H,27,28). The minimum absolute atomic E-state index is 0.115. The van der Waals surface area contributed by atoms with Gasteiger partial charge in [0.2, 0.25) is 5.91 Å². The highest BCUT2D eigenvalue weighted by molar-refractivity contribution is 5.92. The van der Waals surface area contributed by atoms with Gasteiger partial charge in [0, 0.05) is 25.2 Å². The van der Waals surface area contributed by atoms with Gasteiger partial charge in [0.25, 0.3) is 5.91 Å². The second kappa shape index (κ2) is 9.23. The molecule has 0 saturated carbocycles. The van der Waals surface area contributed by atoms with Crippen LogP contribution in [0.2, 0.25) is 0 Å². The van der Waals surface area contributed by atoms with Crippen molar-refractivity contribution in [2.75, 3.05) is 0 Å². The van der Waals surface area contributed by atoms with Crippen LogP contribution in [0.3, 0.4) is 0 Å². The molecule has 2 aromatic heterocycles. The van der Waals surface area contributed by atoms with Crippen LogP contribution in [0.1, 0.15) is 54.6 Å². The summed E-state index contributed by atoms with van der Waals surface area (Å²) >= 11 is 0. The lowest BCUT2D eigenvalue weighted by molar-refractivity contribution is -0.144. The molecule has 31 heavy (non-hydrogen) atoms. The zero-order valence-corrected chi connectivity index (χ0v) is 17.2. The molecule has 3 rings (SSSR count). The first-order valence-corrected chi connectivity index (χ1v) is 9.88. The van der Waals surface area contributed by atoms with Crippen LogP contribution in [-0.4, -0.2) is 32.5 Å². The molecule has 0 unspecified atom stereocenters. The third-order valence-electron chi connectivity index (χ3n) is 4.70. The van der Waals surface area contributed by atoms with Crippen LogP contribution in [-0.2, 0) is 17.9 Å². The Kier molecular flexibility index (Phi) is 6.67. The van der Waals surface area contributed by atoms with Crippen molar-refractivity contribution in [3.63, 3.8) is 0 Å². The first kappa shape index (κ1) is 22.4. The van der Waals surface area contributed by atoms with Crippen LogP contribution in [0.5, 0.6) is 0 Å². The summed E-state index contributed by atoms with van der Waals surface area (Å²) in [7, 11) is 0. The van der Waals surface area contributed by atoms with Gasteiger partial charge in [-0.25, -0.2) is 4.98 Å². The minimum atomic E-state index is -4.35. The Morgan fingerprint density at radius 1 is 1.16 bits per heavy atom. The van der Waals surface area contributed by atoms with Crippen molar-refractivity contribution in [1.29, 1.82) is 0 Å². The molecule has 0 spiro atoms. The van der Waals surface area contributed by atoms with Gasteiger partial charge in [-0.05, 0) is 43.7 Å². The third-order valence-corrected chi connectivity index (χ3v) is 4.70. The summed E-state index contributed by atoms with van der Waals surface area (Å²) < 4.78 is 38.4. The molecule has 2 amide bonds. The lowest BCUT2D eigenvalue weighted by Gasteiger charge is -2.12. The number of nitrogens with zero attached hydrogens (tertiary/aromatic N) is 2. The highest BCUT2D eigenvalue weighted by Crippen LogP contribution is 2.21. The van der Waals surface area contributed by atoms with Crippen molar-refractivity contribution in [3.05, 3.63) is 53.6 Å². The monoisotopic (exact) mass is 435 g/mol. The molecular formula is C21H24F3N5O2. The number of hydrogen-bond acceptors (Lipinski definition) is 3. The van der Waals surface area contributed by atoms with Crippen LogP contribution < -0.4 is 10.6 Å². The van der Waals surface area contributed by atoms with Crippen LogP contribution >= 0.6 is 0 Å². The number of alkyl halides is 3. The number of nitrogens with one attached hydrogen (secondary N) is 3. The molecule has 0 bridgehead atoms. The van der Waals surface area contributed by atoms with Gasteiger partial charge in [-0.3, -0.25) is 9.59 Å². The Labute approximate surface area is 177 Å². The van der Waals surface area contributed by atoms with Gasteiger partial charge in [0.15, 0.2) is 0 Å². The Balaban J connectivity index is 1.57. The molecule has 166 valence electrons. The van der Waals surface area contributed by atoms with Crippen LogP contribution in [0.15, 0.2) is 36.5 Å². The van der Waals surface area contributed by atoms with E-state index in [1.807, 2.05) is 30.7 Å². The predicted octanol–water partition coefficient (Wildman–Crippen LogP) is 3.83. The number of aromatic amines is 1. The number of imidazole rings is 1. The summed E-state index contributed by atoms with van der Waals surface area (Å²) in [5.74, 6) is -0.296. The highest BCUT2D eigenvalue weighted by Gasteiger charge is 2.27. The molecule has 7 nitrogen and oxygen atoms in total. The van der Waals surface area contributed by atoms with E-state index in [1.54, 1.807) is 24.3 Å². The van der Waals surface area contributed by atoms with Crippen molar-refractivity contribution < 1.29 is 22.8 Å². The van der Waals surface area contributed by atoms with E-state index in [0.717, 1.165) is 5.56 Å². The number of carbonyl (C=O) groups is 2. The van der Waals surface area contributed by atoms with Crippen molar-refractivity contribution in [2.45, 2.75) is 52.0 Å². The van der Waals surface area contributed by atoms with Gasteiger partial charge in [0.1, 0.15) is 11.5 Å². The number of amides is 2. The first-order valence-electron chi connectivity index (χ1n) is 9.88. The van der Waals surface area contributed by atoms with Gasteiger partial charge >= 0.3 is 6.18 Å². The van der Waals surface area contributed by atoms with E-state index in [4.69, 9.17) is 0 Å². The second-order valence-electron chi connectivity index (χ2n) is 7.50. The molecule has 0 aliphatic rings. The lowest BCUT2D eigenvalue weighted by atomic mass is 10.2. The van der Waals surface area contributed by atoms with E-state index in [0.29, 0.717) is 22.6 Å². The van der Waals surface area contributed by atoms with Gasteiger partial charge in [-0.1, -0.05) is 6.07 Å². The maximum atomic E-state index is 12.5.